The van der Waals surface area contributed by atoms with Crippen molar-refractivity contribution in [1.82, 2.24) is 20.6 Å². The van der Waals surface area contributed by atoms with Crippen LogP contribution in [0.4, 0.5) is 0 Å². The monoisotopic (exact) mass is 223 g/mol. The van der Waals surface area contributed by atoms with Gasteiger partial charge >= 0.3 is 0 Å². The molecule has 0 amide bonds. The maximum Gasteiger partial charge on any atom is 0.176 e. The molecule has 5 nitrogen and oxygen atoms in total. The molecule has 1 aromatic rings. The molecule has 2 unspecified atom stereocenters. The summed E-state index contributed by atoms with van der Waals surface area (Å²) in [4.78, 5) is 0. The zero-order valence-corrected chi connectivity index (χ0v) is 9.89. The van der Waals surface area contributed by atoms with Crippen molar-refractivity contribution in [3.8, 4) is 0 Å². The fourth-order valence-electron chi connectivity index (χ4n) is 2.39. The summed E-state index contributed by atoms with van der Waals surface area (Å²) in [6, 6.07) is 0.191. The molecule has 1 aromatic heterocycles. The van der Waals surface area contributed by atoms with Gasteiger partial charge in [-0.15, -0.1) is 10.2 Å². The summed E-state index contributed by atoms with van der Waals surface area (Å²) in [6.45, 7) is 2.23. The summed E-state index contributed by atoms with van der Waals surface area (Å²) in [7, 11) is 0. The van der Waals surface area contributed by atoms with Crippen LogP contribution in [0, 0.1) is 11.8 Å². The van der Waals surface area contributed by atoms with Gasteiger partial charge in [-0.2, -0.15) is 5.21 Å². The number of hydrogen-bond acceptors (Lipinski definition) is 4. The van der Waals surface area contributed by atoms with Gasteiger partial charge in [-0.25, -0.2) is 0 Å². The van der Waals surface area contributed by atoms with Crippen LogP contribution in [0.5, 0.6) is 0 Å². The van der Waals surface area contributed by atoms with Crippen LogP contribution >= 0.6 is 0 Å². The summed E-state index contributed by atoms with van der Waals surface area (Å²) in [5.41, 5.74) is 6.27. The normalized spacial score (nSPS) is 19.6. The topological polar surface area (TPSA) is 80.5 Å². The number of H-pyrrole nitrogens is 1. The molecule has 1 aliphatic carbocycles. The SMILES string of the molecule is CCCCC(C(N)Cc1nn[nH]n1)C1CC1. The zero-order chi connectivity index (χ0) is 11.4. The van der Waals surface area contributed by atoms with E-state index in [-0.39, 0.29) is 6.04 Å². The van der Waals surface area contributed by atoms with Gasteiger partial charge in [-0.3, -0.25) is 0 Å². The summed E-state index contributed by atoms with van der Waals surface area (Å²) in [6.07, 6.45) is 7.24. The van der Waals surface area contributed by atoms with Gasteiger partial charge in [-0.1, -0.05) is 25.0 Å². The second-order valence-corrected chi connectivity index (χ2v) is 4.84. The number of aromatic amines is 1. The van der Waals surface area contributed by atoms with E-state index in [1.165, 1.54) is 32.1 Å². The first-order valence-corrected chi connectivity index (χ1v) is 6.29. The largest absolute Gasteiger partial charge is 0.327 e. The number of nitrogens with one attached hydrogen (secondary N) is 1. The van der Waals surface area contributed by atoms with Crippen LogP contribution in [0.1, 0.15) is 44.9 Å². The zero-order valence-electron chi connectivity index (χ0n) is 9.89. The first-order chi connectivity index (χ1) is 7.81. The fraction of sp³-hybridized carbons (Fsp3) is 0.909. The minimum absolute atomic E-state index is 0.191. The fourth-order valence-corrected chi connectivity index (χ4v) is 2.39. The molecule has 2 rings (SSSR count). The van der Waals surface area contributed by atoms with Crippen LogP contribution in [0.3, 0.4) is 0 Å². The minimum atomic E-state index is 0.191. The molecule has 0 spiro atoms. The van der Waals surface area contributed by atoms with Gasteiger partial charge in [0, 0.05) is 12.5 Å². The number of rotatable bonds is 7. The number of tetrazole rings is 1. The van der Waals surface area contributed by atoms with E-state index in [2.05, 4.69) is 27.5 Å². The number of unbranched alkanes of at least 4 members (excludes halogenated alkanes) is 1. The molecule has 3 N–H and O–H groups in total. The van der Waals surface area contributed by atoms with Gasteiger partial charge in [0.15, 0.2) is 5.82 Å². The molecule has 1 saturated carbocycles. The molecule has 0 bridgehead atoms. The highest BCUT2D eigenvalue weighted by atomic mass is 15.5. The Morgan fingerprint density at radius 2 is 2.31 bits per heavy atom. The number of aromatic nitrogens is 4. The molecule has 1 heterocycles. The third-order valence-electron chi connectivity index (χ3n) is 3.48. The van der Waals surface area contributed by atoms with Crippen molar-refractivity contribution in [2.45, 2.75) is 51.5 Å². The highest BCUT2D eigenvalue weighted by Gasteiger charge is 2.34. The van der Waals surface area contributed by atoms with E-state index in [4.69, 9.17) is 5.73 Å². The van der Waals surface area contributed by atoms with Crippen molar-refractivity contribution >= 4 is 0 Å². The molecule has 1 fully saturated rings. The molecule has 0 saturated heterocycles. The maximum absolute atomic E-state index is 6.27. The van der Waals surface area contributed by atoms with Crippen molar-refractivity contribution in [3.63, 3.8) is 0 Å². The lowest BCUT2D eigenvalue weighted by atomic mass is 9.88. The van der Waals surface area contributed by atoms with Crippen molar-refractivity contribution in [3.05, 3.63) is 5.82 Å². The van der Waals surface area contributed by atoms with Gasteiger partial charge < -0.3 is 5.73 Å². The highest BCUT2D eigenvalue weighted by molar-refractivity contribution is 4.92. The van der Waals surface area contributed by atoms with Crippen LogP contribution in [0.2, 0.25) is 0 Å². The number of hydrogen-bond donors (Lipinski definition) is 2. The lowest BCUT2D eigenvalue weighted by Gasteiger charge is -2.22. The van der Waals surface area contributed by atoms with Crippen molar-refractivity contribution in [2.75, 3.05) is 0 Å². The van der Waals surface area contributed by atoms with Crippen LogP contribution < -0.4 is 5.73 Å². The standard InChI is InChI=1S/C11H21N5/c1-2-3-4-9(8-5-6-8)10(12)7-11-13-15-16-14-11/h8-10H,2-7,12H2,1H3,(H,13,14,15,16). The van der Waals surface area contributed by atoms with Gasteiger partial charge in [0.25, 0.3) is 0 Å². The molecule has 0 radical (unpaired) electrons. The highest BCUT2D eigenvalue weighted by Crippen LogP contribution is 2.41. The Morgan fingerprint density at radius 3 is 2.88 bits per heavy atom. The summed E-state index contributed by atoms with van der Waals surface area (Å²) >= 11 is 0. The molecular formula is C11H21N5. The van der Waals surface area contributed by atoms with Crippen molar-refractivity contribution < 1.29 is 0 Å². The number of nitrogens with zero attached hydrogens (tertiary/aromatic N) is 3. The lowest BCUT2D eigenvalue weighted by Crippen LogP contribution is -2.34. The molecule has 16 heavy (non-hydrogen) atoms. The Bertz CT molecular complexity index is 293. The first kappa shape index (κ1) is 11.5. The summed E-state index contributed by atoms with van der Waals surface area (Å²) < 4.78 is 0. The first-order valence-electron chi connectivity index (χ1n) is 6.29. The van der Waals surface area contributed by atoms with E-state index in [0.29, 0.717) is 5.92 Å². The predicted octanol–water partition coefficient (Wildman–Crippen LogP) is 1.29. The van der Waals surface area contributed by atoms with Gasteiger partial charge in [-0.05, 0) is 31.1 Å². The predicted molar refractivity (Wildman–Crippen MR) is 61.6 cm³/mol. The van der Waals surface area contributed by atoms with E-state index in [1.807, 2.05) is 0 Å². The Kier molecular flexibility index (Phi) is 3.88. The van der Waals surface area contributed by atoms with E-state index >= 15 is 0 Å². The molecular weight excluding hydrogens is 202 g/mol. The molecule has 5 heteroatoms. The van der Waals surface area contributed by atoms with Crippen molar-refractivity contribution in [2.24, 2.45) is 17.6 Å². The van der Waals surface area contributed by atoms with Gasteiger partial charge in [0.1, 0.15) is 0 Å². The molecule has 90 valence electrons. The van der Waals surface area contributed by atoms with E-state index in [0.717, 1.165) is 18.2 Å². The van der Waals surface area contributed by atoms with Gasteiger partial charge in [0.05, 0.1) is 0 Å². The smallest absolute Gasteiger partial charge is 0.176 e. The van der Waals surface area contributed by atoms with Crippen molar-refractivity contribution in [1.29, 1.82) is 0 Å². The molecule has 2 atom stereocenters. The van der Waals surface area contributed by atoms with Crippen LogP contribution in [0.25, 0.3) is 0 Å². The summed E-state index contributed by atoms with van der Waals surface area (Å²) in [5.74, 6) is 2.25. The molecule has 0 aromatic carbocycles. The van der Waals surface area contributed by atoms with Crippen LogP contribution in [-0.2, 0) is 6.42 Å². The Labute approximate surface area is 96.2 Å². The Morgan fingerprint density at radius 1 is 1.50 bits per heavy atom. The third kappa shape index (κ3) is 3.01. The number of nitrogens with two attached hydrogens (primary N) is 1. The summed E-state index contributed by atoms with van der Waals surface area (Å²) in [5, 5.41) is 14.0. The maximum atomic E-state index is 6.27. The minimum Gasteiger partial charge on any atom is -0.327 e. The van der Waals surface area contributed by atoms with Gasteiger partial charge in [0.2, 0.25) is 0 Å². The lowest BCUT2D eigenvalue weighted by molar-refractivity contribution is 0.335. The second-order valence-electron chi connectivity index (χ2n) is 4.84. The molecule has 0 aliphatic heterocycles. The average Bonchev–Trinajstić information content (AvgIpc) is 2.98. The van der Waals surface area contributed by atoms with E-state index < -0.39 is 0 Å². The quantitative estimate of drug-likeness (QED) is 0.729. The van der Waals surface area contributed by atoms with Crippen LogP contribution in [-0.4, -0.2) is 26.7 Å². The average molecular weight is 223 g/mol. The van der Waals surface area contributed by atoms with E-state index in [9.17, 15) is 0 Å². The Balaban J connectivity index is 1.86. The third-order valence-corrected chi connectivity index (χ3v) is 3.48. The Hall–Kier alpha value is -0.970. The van der Waals surface area contributed by atoms with E-state index in [1.54, 1.807) is 0 Å². The van der Waals surface area contributed by atoms with Crippen LogP contribution in [0.15, 0.2) is 0 Å². The molecule has 1 aliphatic rings. The second kappa shape index (κ2) is 5.39.